The van der Waals surface area contributed by atoms with Crippen molar-refractivity contribution >= 4 is 11.9 Å². The first-order chi connectivity index (χ1) is 8.06. The standard InChI is InChI=1S/C13H16O4/c1-4-16-11-8-6-5-7-10(11)13(15)17-12(14)9(2)3/h5-9H,4H2,1-3H3. The molecule has 0 aliphatic heterocycles. The van der Waals surface area contributed by atoms with E-state index in [1.54, 1.807) is 38.1 Å². The van der Waals surface area contributed by atoms with E-state index in [0.29, 0.717) is 12.4 Å². The van der Waals surface area contributed by atoms with Crippen LogP contribution < -0.4 is 4.74 Å². The molecule has 92 valence electrons. The predicted octanol–water partition coefficient (Wildman–Crippen LogP) is 2.42. The highest BCUT2D eigenvalue weighted by molar-refractivity contribution is 5.99. The number of rotatable bonds is 4. The lowest BCUT2D eigenvalue weighted by molar-refractivity contribution is -0.141. The number of ether oxygens (including phenoxy) is 2. The van der Waals surface area contributed by atoms with Crippen molar-refractivity contribution in [2.45, 2.75) is 20.8 Å². The molecule has 4 nitrogen and oxygen atoms in total. The molecule has 0 spiro atoms. The summed E-state index contributed by atoms with van der Waals surface area (Å²) < 4.78 is 10.0. The van der Waals surface area contributed by atoms with Gasteiger partial charge in [-0.1, -0.05) is 26.0 Å². The molecule has 1 rings (SSSR count). The Morgan fingerprint density at radius 1 is 1.24 bits per heavy atom. The molecule has 0 aliphatic rings. The third-order valence-electron chi connectivity index (χ3n) is 2.07. The molecule has 4 heteroatoms. The van der Waals surface area contributed by atoms with E-state index in [0.717, 1.165) is 0 Å². The quantitative estimate of drug-likeness (QED) is 0.595. The minimum absolute atomic E-state index is 0.267. The number of carbonyl (C=O) groups is 2. The Labute approximate surface area is 101 Å². The van der Waals surface area contributed by atoms with E-state index in [9.17, 15) is 9.59 Å². The lowest BCUT2D eigenvalue weighted by Crippen LogP contribution is -2.17. The lowest BCUT2D eigenvalue weighted by atomic mass is 10.2. The van der Waals surface area contributed by atoms with Crippen LogP contribution in [0.3, 0.4) is 0 Å². The molecule has 0 aromatic heterocycles. The van der Waals surface area contributed by atoms with Crippen molar-refractivity contribution in [1.29, 1.82) is 0 Å². The molecule has 17 heavy (non-hydrogen) atoms. The maximum Gasteiger partial charge on any atom is 0.349 e. The Bertz CT molecular complexity index is 410. The number of hydrogen-bond donors (Lipinski definition) is 0. The van der Waals surface area contributed by atoms with E-state index >= 15 is 0 Å². The molecular formula is C13H16O4. The van der Waals surface area contributed by atoms with Crippen LogP contribution in [0.15, 0.2) is 24.3 Å². The van der Waals surface area contributed by atoms with E-state index < -0.39 is 11.9 Å². The summed E-state index contributed by atoms with van der Waals surface area (Å²) in [6.45, 7) is 5.61. The van der Waals surface area contributed by atoms with Crippen LogP contribution >= 0.6 is 0 Å². The van der Waals surface area contributed by atoms with E-state index in [1.165, 1.54) is 0 Å². The van der Waals surface area contributed by atoms with Gasteiger partial charge in [0.1, 0.15) is 11.3 Å². The summed E-state index contributed by atoms with van der Waals surface area (Å²) in [5, 5.41) is 0. The van der Waals surface area contributed by atoms with E-state index in [-0.39, 0.29) is 11.5 Å². The molecule has 0 radical (unpaired) electrons. The molecule has 0 unspecified atom stereocenters. The first kappa shape index (κ1) is 13.2. The molecule has 1 aromatic carbocycles. The summed E-state index contributed by atoms with van der Waals surface area (Å²) in [6.07, 6.45) is 0. The largest absolute Gasteiger partial charge is 0.493 e. The van der Waals surface area contributed by atoms with Gasteiger partial charge in [0.05, 0.1) is 12.5 Å². The molecule has 0 saturated heterocycles. The summed E-state index contributed by atoms with van der Waals surface area (Å²) in [5.74, 6) is -1.12. The van der Waals surface area contributed by atoms with Gasteiger partial charge in [-0.15, -0.1) is 0 Å². The SMILES string of the molecule is CCOc1ccccc1C(=O)OC(=O)C(C)C. The van der Waals surface area contributed by atoms with Gasteiger partial charge >= 0.3 is 11.9 Å². The number of hydrogen-bond acceptors (Lipinski definition) is 4. The van der Waals surface area contributed by atoms with Gasteiger partial charge < -0.3 is 9.47 Å². The first-order valence-electron chi connectivity index (χ1n) is 5.54. The molecule has 0 saturated carbocycles. The van der Waals surface area contributed by atoms with E-state index in [1.807, 2.05) is 6.92 Å². The van der Waals surface area contributed by atoms with Crippen LogP contribution in [0.5, 0.6) is 5.75 Å². The Hall–Kier alpha value is -1.84. The van der Waals surface area contributed by atoms with Crippen molar-refractivity contribution in [3.63, 3.8) is 0 Å². The van der Waals surface area contributed by atoms with Crippen LogP contribution in [0.25, 0.3) is 0 Å². The summed E-state index contributed by atoms with van der Waals surface area (Å²) in [5.41, 5.74) is 0.267. The fourth-order valence-electron chi connectivity index (χ4n) is 1.18. The second-order valence-electron chi connectivity index (χ2n) is 3.79. The topological polar surface area (TPSA) is 52.6 Å². The highest BCUT2D eigenvalue weighted by atomic mass is 16.6. The van der Waals surface area contributed by atoms with Crippen molar-refractivity contribution in [1.82, 2.24) is 0 Å². The van der Waals surface area contributed by atoms with Crippen molar-refractivity contribution in [2.75, 3.05) is 6.61 Å². The molecule has 0 bridgehead atoms. The fourth-order valence-corrected chi connectivity index (χ4v) is 1.18. The summed E-state index contributed by atoms with van der Waals surface area (Å²) >= 11 is 0. The molecule has 0 heterocycles. The monoisotopic (exact) mass is 236 g/mol. The summed E-state index contributed by atoms with van der Waals surface area (Å²) in [7, 11) is 0. The van der Waals surface area contributed by atoms with Gasteiger partial charge in [-0.25, -0.2) is 4.79 Å². The van der Waals surface area contributed by atoms with Crippen LogP contribution in [-0.2, 0) is 9.53 Å². The molecule has 0 fully saturated rings. The summed E-state index contributed by atoms with van der Waals surface area (Å²) in [6, 6.07) is 6.69. The van der Waals surface area contributed by atoms with Crippen LogP contribution in [0.4, 0.5) is 0 Å². The Kier molecular flexibility index (Phi) is 4.69. The Balaban J connectivity index is 2.85. The Morgan fingerprint density at radius 2 is 1.88 bits per heavy atom. The van der Waals surface area contributed by atoms with E-state index in [4.69, 9.17) is 9.47 Å². The highest BCUT2D eigenvalue weighted by Gasteiger charge is 2.18. The molecule has 0 atom stereocenters. The first-order valence-corrected chi connectivity index (χ1v) is 5.54. The average Bonchev–Trinajstić information content (AvgIpc) is 2.29. The predicted molar refractivity (Wildman–Crippen MR) is 62.9 cm³/mol. The average molecular weight is 236 g/mol. The zero-order valence-electron chi connectivity index (χ0n) is 10.2. The zero-order chi connectivity index (χ0) is 12.8. The van der Waals surface area contributed by atoms with Crippen molar-refractivity contribution in [3.05, 3.63) is 29.8 Å². The molecule has 0 amide bonds. The third-order valence-corrected chi connectivity index (χ3v) is 2.07. The number of esters is 2. The second-order valence-corrected chi connectivity index (χ2v) is 3.79. The minimum Gasteiger partial charge on any atom is -0.493 e. The summed E-state index contributed by atoms with van der Waals surface area (Å²) in [4.78, 5) is 23.0. The number of carbonyl (C=O) groups excluding carboxylic acids is 2. The van der Waals surface area contributed by atoms with E-state index in [2.05, 4.69) is 0 Å². The van der Waals surface area contributed by atoms with Crippen LogP contribution in [0.2, 0.25) is 0 Å². The van der Waals surface area contributed by atoms with Gasteiger partial charge in [0.15, 0.2) is 0 Å². The van der Waals surface area contributed by atoms with Crippen molar-refractivity contribution < 1.29 is 19.1 Å². The maximum absolute atomic E-state index is 11.7. The van der Waals surface area contributed by atoms with Gasteiger partial charge in [0, 0.05) is 0 Å². The third kappa shape index (κ3) is 3.59. The second kappa shape index (κ2) is 6.03. The smallest absolute Gasteiger partial charge is 0.349 e. The number of para-hydroxylation sites is 1. The van der Waals surface area contributed by atoms with Crippen molar-refractivity contribution in [2.24, 2.45) is 5.92 Å². The molecule has 1 aromatic rings. The fraction of sp³-hybridized carbons (Fsp3) is 0.385. The molecular weight excluding hydrogens is 220 g/mol. The highest BCUT2D eigenvalue weighted by Crippen LogP contribution is 2.19. The van der Waals surface area contributed by atoms with Gasteiger partial charge in [0.25, 0.3) is 0 Å². The number of benzene rings is 1. The molecule has 0 aliphatic carbocycles. The Morgan fingerprint density at radius 3 is 2.47 bits per heavy atom. The molecule has 0 N–H and O–H groups in total. The van der Waals surface area contributed by atoms with Crippen LogP contribution in [-0.4, -0.2) is 18.5 Å². The minimum atomic E-state index is -0.673. The van der Waals surface area contributed by atoms with Gasteiger partial charge in [-0.3, -0.25) is 4.79 Å². The van der Waals surface area contributed by atoms with Gasteiger partial charge in [-0.05, 0) is 19.1 Å². The van der Waals surface area contributed by atoms with Crippen LogP contribution in [0, 0.1) is 5.92 Å². The maximum atomic E-state index is 11.7. The lowest BCUT2D eigenvalue weighted by Gasteiger charge is -2.09. The van der Waals surface area contributed by atoms with Gasteiger partial charge in [-0.2, -0.15) is 0 Å². The van der Waals surface area contributed by atoms with Crippen molar-refractivity contribution in [3.8, 4) is 5.75 Å². The zero-order valence-corrected chi connectivity index (χ0v) is 10.2. The normalized spacial score (nSPS) is 10.1. The van der Waals surface area contributed by atoms with Gasteiger partial charge in [0.2, 0.25) is 0 Å². The van der Waals surface area contributed by atoms with Crippen LogP contribution in [0.1, 0.15) is 31.1 Å².